The van der Waals surface area contributed by atoms with Gasteiger partial charge in [-0.1, -0.05) is 35.3 Å². The molecule has 0 aliphatic rings. The van der Waals surface area contributed by atoms with Gasteiger partial charge < -0.3 is 5.11 Å². The fourth-order valence-electron chi connectivity index (χ4n) is 2.24. The van der Waals surface area contributed by atoms with Crippen molar-refractivity contribution in [3.05, 3.63) is 58.1 Å². The molecule has 3 aromatic rings. The van der Waals surface area contributed by atoms with Gasteiger partial charge in [0.25, 0.3) is 0 Å². The summed E-state index contributed by atoms with van der Waals surface area (Å²) in [4.78, 5) is 11.3. The zero-order valence-corrected chi connectivity index (χ0v) is 11.2. The van der Waals surface area contributed by atoms with E-state index >= 15 is 0 Å². The second kappa shape index (κ2) is 4.41. The fraction of sp³-hybridized carbons (Fsp3) is 0. The summed E-state index contributed by atoms with van der Waals surface area (Å²) in [7, 11) is 0. The van der Waals surface area contributed by atoms with E-state index in [9.17, 15) is 9.90 Å². The molecule has 0 aliphatic carbocycles. The summed E-state index contributed by atoms with van der Waals surface area (Å²) >= 11 is 12.1. The van der Waals surface area contributed by atoms with Gasteiger partial charge in [0, 0.05) is 15.4 Å². The predicted octanol–water partition coefficient (Wildman–Crippen LogP) is 5.00. The minimum Gasteiger partial charge on any atom is -0.478 e. The lowest BCUT2D eigenvalue weighted by Crippen LogP contribution is -1.97. The molecule has 0 radical (unpaired) electrons. The van der Waals surface area contributed by atoms with Gasteiger partial charge in [-0.15, -0.1) is 0 Å². The Kier molecular flexibility index (Phi) is 2.85. The zero-order chi connectivity index (χ0) is 13.6. The van der Waals surface area contributed by atoms with E-state index in [2.05, 4.69) is 0 Å². The van der Waals surface area contributed by atoms with E-state index in [0.29, 0.717) is 15.4 Å². The van der Waals surface area contributed by atoms with Gasteiger partial charge in [0.1, 0.15) is 0 Å². The van der Waals surface area contributed by atoms with Crippen molar-refractivity contribution < 1.29 is 9.90 Å². The molecule has 19 heavy (non-hydrogen) atoms. The largest absolute Gasteiger partial charge is 0.478 e. The Morgan fingerprint density at radius 1 is 0.947 bits per heavy atom. The van der Waals surface area contributed by atoms with Crippen LogP contribution in [-0.4, -0.2) is 11.1 Å². The Balaban J connectivity index is 2.51. The van der Waals surface area contributed by atoms with Gasteiger partial charge in [0.05, 0.1) is 5.56 Å². The molecule has 0 saturated heterocycles. The topological polar surface area (TPSA) is 37.3 Å². The van der Waals surface area contributed by atoms with Gasteiger partial charge in [-0.3, -0.25) is 0 Å². The highest BCUT2D eigenvalue weighted by atomic mass is 35.5. The molecule has 0 atom stereocenters. The molecule has 0 spiro atoms. The zero-order valence-electron chi connectivity index (χ0n) is 9.65. The van der Waals surface area contributed by atoms with Crippen molar-refractivity contribution in [2.75, 3.05) is 0 Å². The van der Waals surface area contributed by atoms with Crippen LogP contribution in [0.5, 0.6) is 0 Å². The third-order valence-electron chi connectivity index (χ3n) is 3.09. The van der Waals surface area contributed by atoms with Crippen LogP contribution in [-0.2, 0) is 0 Å². The molecule has 0 bridgehead atoms. The summed E-state index contributed by atoms with van der Waals surface area (Å²) in [6, 6.07) is 12.4. The van der Waals surface area contributed by atoms with Crippen molar-refractivity contribution in [2.45, 2.75) is 0 Å². The molecule has 3 aromatic carbocycles. The average molecular weight is 291 g/mol. The quantitative estimate of drug-likeness (QED) is 0.641. The lowest BCUT2D eigenvalue weighted by atomic mass is 10.00. The number of fused-ring (bicyclic) bond motifs is 2. The van der Waals surface area contributed by atoms with Crippen molar-refractivity contribution in [3.8, 4) is 0 Å². The second-order valence-corrected chi connectivity index (χ2v) is 5.14. The highest BCUT2D eigenvalue weighted by molar-refractivity contribution is 6.36. The molecule has 0 heterocycles. The molecule has 94 valence electrons. The van der Waals surface area contributed by atoms with Crippen LogP contribution in [0.3, 0.4) is 0 Å². The third kappa shape index (κ3) is 2.03. The highest BCUT2D eigenvalue weighted by Gasteiger charge is 2.11. The van der Waals surface area contributed by atoms with E-state index in [1.807, 2.05) is 24.3 Å². The summed E-state index contributed by atoms with van der Waals surface area (Å²) in [5.41, 5.74) is 0.198. The minimum absolute atomic E-state index is 0.198. The van der Waals surface area contributed by atoms with Crippen LogP contribution in [0.1, 0.15) is 10.4 Å². The molecule has 0 aromatic heterocycles. The van der Waals surface area contributed by atoms with Crippen LogP contribution in [0.15, 0.2) is 42.5 Å². The molecule has 3 rings (SSSR count). The second-order valence-electron chi connectivity index (χ2n) is 4.29. The van der Waals surface area contributed by atoms with Crippen molar-refractivity contribution in [1.82, 2.24) is 0 Å². The maximum absolute atomic E-state index is 11.3. The van der Waals surface area contributed by atoms with Crippen LogP contribution >= 0.6 is 23.2 Å². The van der Waals surface area contributed by atoms with Crippen LogP contribution in [0.2, 0.25) is 10.0 Å². The van der Waals surface area contributed by atoms with Gasteiger partial charge in [-0.2, -0.15) is 0 Å². The molecule has 0 saturated carbocycles. The van der Waals surface area contributed by atoms with E-state index in [1.54, 1.807) is 12.1 Å². The van der Waals surface area contributed by atoms with Crippen molar-refractivity contribution in [1.29, 1.82) is 0 Å². The lowest BCUT2D eigenvalue weighted by Gasteiger charge is -2.07. The van der Waals surface area contributed by atoms with Crippen LogP contribution in [0.4, 0.5) is 0 Å². The molecule has 2 nitrogen and oxygen atoms in total. The number of halogens is 2. The Labute approximate surface area is 119 Å². The number of benzene rings is 3. The van der Waals surface area contributed by atoms with E-state index in [0.717, 1.165) is 16.2 Å². The standard InChI is InChI=1S/C15H8Cl2O2/c16-10-4-9-6-12-8(2-1-3-14(12)17)5-11(9)13(7-10)15(18)19/h1-7H,(H,18,19). The highest BCUT2D eigenvalue weighted by Crippen LogP contribution is 2.31. The number of hydrogen-bond acceptors (Lipinski definition) is 1. The molecular weight excluding hydrogens is 283 g/mol. The fourth-order valence-corrected chi connectivity index (χ4v) is 2.70. The van der Waals surface area contributed by atoms with Crippen LogP contribution in [0, 0.1) is 0 Å². The van der Waals surface area contributed by atoms with Crippen molar-refractivity contribution >= 4 is 50.7 Å². The van der Waals surface area contributed by atoms with Gasteiger partial charge in [-0.05, 0) is 46.5 Å². The van der Waals surface area contributed by atoms with Gasteiger partial charge in [-0.25, -0.2) is 4.79 Å². The predicted molar refractivity (Wildman–Crippen MR) is 78.4 cm³/mol. The Hall–Kier alpha value is -1.77. The van der Waals surface area contributed by atoms with Crippen LogP contribution in [0.25, 0.3) is 21.5 Å². The van der Waals surface area contributed by atoms with E-state index in [-0.39, 0.29) is 5.56 Å². The number of aromatic carboxylic acids is 1. The molecule has 0 fully saturated rings. The summed E-state index contributed by atoms with van der Waals surface area (Å²) in [6.45, 7) is 0. The summed E-state index contributed by atoms with van der Waals surface area (Å²) in [5.74, 6) is -0.992. The number of hydrogen-bond donors (Lipinski definition) is 1. The molecule has 0 aliphatic heterocycles. The molecule has 4 heteroatoms. The summed E-state index contributed by atoms with van der Waals surface area (Å²) < 4.78 is 0. The lowest BCUT2D eigenvalue weighted by molar-refractivity contribution is 0.0699. The number of carboxylic acids is 1. The molecular formula is C15H8Cl2O2. The Morgan fingerprint density at radius 3 is 2.42 bits per heavy atom. The van der Waals surface area contributed by atoms with Gasteiger partial charge in [0.2, 0.25) is 0 Å². The van der Waals surface area contributed by atoms with E-state index in [4.69, 9.17) is 23.2 Å². The number of rotatable bonds is 1. The summed E-state index contributed by atoms with van der Waals surface area (Å²) in [5, 5.41) is 13.5. The number of carbonyl (C=O) groups is 1. The van der Waals surface area contributed by atoms with Gasteiger partial charge >= 0.3 is 5.97 Å². The van der Waals surface area contributed by atoms with E-state index in [1.165, 1.54) is 6.07 Å². The van der Waals surface area contributed by atoms with Gasteiger partial charge in [0.15, 0.2) is 0 Å². The Morgan fingerprint density at radius 2 is 1.68 bits per heavy atom. The molecule has 0 amide bonds. The first-order valence-electron chi connectivity index (χ1n) is 5.61. The normalized spacial score (nSPS) is 11.1. The monoisotopic (exact) mass is 290 g/mol. The first-order chi connectivity index (χ1) is 9.06. The maximum Gasteiger partial charge on any atom is 0.336 e. The maximum atomic E-state index is 11.3. The Bertz CT molecular complexity index is 825. The molecule has 1 N–H and O–H groups in total. The van der Waals surface area contributed by atoms with E-state index < -0.39 is 5.97 Å². The number of carboxylic acid groups (broad SMARTS) is 1. The first kappa shape index (κ1) is 12.3. The summed E-state index contributed by atoms with van der Waals surface area (Å²) in [6.07, 6.45) is 0. The average Bonchev–Trinajstić information content (AvgIpc) is 2.36. The SMILES string of the molecule is O=C(O)c1cc(Cl)cc2cc3c(Cl)cccc3cc12. The van der Waals surface area contributed by atoms with Crippen molar-refractivity contribution in [3.63, 3.8) is 0 Å². The third-order valence-corrected chi connectivity index (χ3v) is 3.64. The van der Waals surface area contributed by atoms with Crippen molar-refractivity contribution in [2.24, 2.45) is 0 Å². The smallest absolute Gasteiger partial charge is 0.336 e. The first-order valence-corrected chi connectivity index (χ1v) is 6.37. The minimum atomic E-state index is -0.992. The van der Waals surface area contributed by atoms with Crippen LogP contribution < -0.4 is 0 Å². The molecule has 0 unspecified atom stereocenters.